The summed E-state index contributed by atoms with van der Waals surface area (Å²) in [6.07, 6.45) is 7.89. The van der Waals surface area contributed by atoms with Crippen LogP contribution in [-0.4, -0.2) is 50.4 Å². The Morgan fingerprint density at radius 2 is 1.94 bits per heavy atom. The number of benzene rings is 1. The molecule has 1 fully saturated rings. The first-order valence-electron chi connectivity index (χ1n) is 12.3. The lowest BCUT2D eigenvalue weighted by Crippen LogP contribution is -2.38. The molecule has 186 valence electrons. The van der Waals surface area contributed by atoms with Crippen molar-refractivity contribution in [2.45, 2.75) is 70.4 Å². The zero-order valence-corrected chi connectivity index (χ0v) is 20.9. The van der Waals surface area contributed by atoms with E-state index in [4.69, 9.17) is 5.11 Å². The first-order valence-corrected chi connectivity index (χ1v) is 13.2. The van der Waals surface area contributed by atoms with Crippen LogP contribution in [-0.2, 0) is 11.3 Å². The van der Waals surface area contributed by atoms with Crippen molar-refractivity contribution >= 4 is 46.1 Å². The Kier molecular flexibility index (Phi) is 8.17. The molecule has 0 spiro atoms. The van der Waals surface area contributed by atoms with Gasteiger partial charge in [0.15, 0.2) is 0 Å². The molecule has 0 aliphatic heterocycles. The van der Waals surface area contributed by atoms with Gasteiger partial charge in [-0.1, -0.05) is 31.7 Å². The fraction of sp³-hybridized carbons (Fsp3) is 0.462. The van der Waals surface area contributed by atoms with Gasteiger partial charge >= 0.3 is 5.97 Å². The van der Waals surface area contributed by atoms with Crippen LogP contribution in [0, 0.1) is 0 Å². The number of aryl methyl sites for hydroxylation is 1. The fourth-order valence-corrected chi connectivity index (χ4v) is 5.34. The second-order valence-electron chi connectivity index (χ2n) is 9.13. The van der Waals surface area contributed by atoms with E-state index in [0.29, 0.717) is 34.9 Å². The van der Waals surface area contributed by atoms with Crippen molar-refractivity contribution in [2.24, 2.45) is 0 Å². The number of nitrogens with zero attached hydrogens (tertiary/aromatic N) is 3. The Labute approximate surface area is 209 Å². The minimum atomic E-state index is -0.794. The summed E-state index contributed by atoms with van der Waals surface area (Å²) in [7, 11) is 1.88. The maximum atomic E-state index is 13.2. The maximum Gasteiger partial charge on any atom is 0.303 e. The third-order valence-electron chi connectivity index (χ3n) is 6.68. The van der Waals surface area contributed by atoms with E-state index in [1.807, 2.05) is 40.1 Å². The molecule has 1 aromatic carbocycles. The molecule has 4 rings (SSSR count). The van der Waals surface area contributed by atoms with Gasteiger partial charge in [-0.15, -0.1) is 11.3 Å². The molecule has 2 heterocycles. The minimum Gasteiger partial charge on any atom is -0.481 e. The molecular weight excluding hydrogens is 464 g/mol. The number of carbonyl (C=O) groups excluding carboxylic acids is 2. The topological polar surface area (TPSA) is 105 Å². The van der Waals surface area contributed by atoms with Crippen LogP contribution in [0.25, 0.3) is 11.0 Å². The third kappa shape index (κ3) is 6.08. The average Bonchev–Trinajstić information content (AvgIpc) is 3.51. The number of amides is 2. The van der Waals surface area contributed by atoms with E-state index in [0.717, 1.165) is 44.0 Å². The van der Waals surface area contributed by atoms with Crippen LogP contribution >= 0.6 is 11.3 Å². The molecule has 0 atom stereocenters. The number of carbonyl (C=O) groups is 3. The zero-order chi connectivity index (χ0) is 24.8. The number of aromatic nitrogens is 2. The predicted octanol–water partition coefficient (Wildman–Crippen LogP) is 5.40. The van der Waals surface area contributed by atoms with Crippen LogP contribution in [0.15, 0.2) is 35.7 Å². The molecule has 0 bridgehead atoms. The van der Waals surface area contributed by atoms with Crippen molar-refractivity contribution in [1.82, 2.24) is 14.5 Å². The second kappa shape index (κ2) is 11.5. The molecule has 2 N–H and O–H groups in total. The first kappa shape index (κ1) is 24.9. The monoisotopic (exact) mass is 496 g/mol. The zero-order valence-electron chi connectivity index (χ0n) is 20.0. The lowest BCUT2D eigenvalue weighted by Gasteiger charge is -2.31. The van der Waals surface area contributed by atoms with Crippen molar-refractivity contribution in [1.29, 1.82) is 0 Å². The Bertz CT molecular complexity index is 1180. The van der Waals surface area contributed by atoms with Gasteiger partial charge in [-0.3, -0.25) is 19.7 Å². The summed E-state index contributed by atoms with van der Waals surface area (Å²) in [6, 6.07) is 9.39. The van der Waals surface area contributed by atoms with Crippen LogP contribution in [0.3, 0.4) is 0 Å². The average molecular weight is 497 g/mol. The summed E-state index contributed by atoms with van der Waals surface area (Å²) >= 11 is 1.36. The van der Waals surface area contributed by atoms with Crippen LogP contribution in [0.2, 0.25) is 0 Å². The van der Waals surface area contributed by atoms with Gasteiger partial charge in [0, 0.05) is 31.6 Å². The minimum absolute atomic E-state index is 0.00816. The summed E-state index contributed by atoms with van der Waals surface area (Å²) in [4.78, 5) is 43.8. The van der Waals surface area contributed by atoms with E-state index in [-0.39, 0.29) is 24.3 Å². The van der Waals surface area contributed by atoms with Gasteiger partial charge in [-0.25, -0.2) is 4.98 Å². The number of hydrogen-bond donors (Lipinski definition) is 2. The highest BCUT2D eigenvalue weighted by Crippen LogP contribution is 2.26. The molecule has 0 unspecified atom stereocenters. The third-order valence-corrected chi connectivity index (χ3v) is 7.55. The lowest BCUT2D eigenvalue weighted by molar-refractivity contribution is -0.137. The molecule has 1 aliphatic carbocycles. The number of unbranched alkanes of at least 4 members (excludes halogenated alkanes) is 2. The molecule has 2 amide bonds. The standard InChI is InChI=1S/C26H32N4O4S/c1-29(19-9-4-2-5-10-19)25(34)18-13-14-21-20(17-18)27-26(28-24(33)22-11-8-16-35-22)30(21)15-7-3-6-12-23(31)32/h8,11,13-14,16-17,19H,2-7,9-10,12,15H2,1H3,(H,31,32)(H,27,28,33). The number of aliphatic carboxylic acids is 1. The van der Waals surface area contributed by atoms with Crippen LogP contribution in [0.5, 0.6) is 0 Å². The van der Waals surface area contributed by atoms with Gasteiger partial charge in [-0.2, -0.15) is 0 Å². The van der Waals surface area contributed by atoms with E-state index in [2.05, 4.69) is 10.3 Å². The van der Waals surface area contributed by atoms with Crippen molar-refractivity contribution in [3.05, 3.63) is 46.2 Å². The molecular formula is C26H32N4O4S. The number of imidazole rings is 1. The fourth-order valence-electron chi connectivity index (χ4n) is 4.72. The molecule has 0 radical (unpaired) electrons. The van der Waals surface area contributed by atoms with Crippen molar-refractivity contribution in [3.8, 4) is 0 Å². The SMILES string of the molecule is CN(C(=O)c1ccc2c(c1)nc(NC(=O)c1cccs1)n2CCCCCC(=O)O)C1CCCCC1. The van der Waals surface area contributed by atoms with Crippen molar-refractivity contribution in [3.63, 3.8) is 0 Å². The van der Waals surface area contributed by atoms with Gasteiger partial charge in [0.1, 0.15) is 0 Å². The number of carboxylic acid groups (broad SMARTS) is 1. The largest absolute Gasteiger partial charge is 0.481 e. The number of anilines is 1. The van der Waals surface area contributed by atoms with E-state index in [1.54, 1.807) is 12.1 Å². The molecule has 3 aromatic rings. The number of rotatable bonds is 10. The Morgan fingerprint density at radius 3 is 2.66 bits per heavy atom. The smallest absolute Gasteiger partial charge is 0.303 e. The van der Waals surface area contributed by atoms with Gasteiger partial charge < -0.3 is 14.6 Å². The maximum absolute atomic E-state index is 13.2. The number of thiophene rings is 1. The van der Waals surface area contributed by atoms with Gasteiger partial charge in [0.05, 0.1) is 15.9 Å². The summed E-state index contributed by atoms with van der Waals surface area (Å²) in [5.74, 6) is -0.596. The van der Waals surface area contributed by atoms with Crippen LogP contribution in [0.1, 0.15) is 77.8 Å². The van der Waals surface area contributed by atoms with E-state index >= 15 is 0 Å². The molecule has 8 nitrogen and oxygen atoms in total. The molecule has 9 heteroatoms. The number of hydrogen-bond acceptors (Lipinski definition) is 5. The highest BCUT2D eigenvalue weighted by atomic mass is 32.1. The van der Waals surface area contributed by atoms with Crippen LogP contribution < -0.4 is 5.32 Å². The molecule has 35 heavy (non-hydrogen) atoms. The van der Waals surface area contributed by atoms with Gasteiger partial charge in [0.25, 0.3) is 11.8 Å². The second-order valence-corrected chi connectivity index (χ2v) is 10.1. The normalized spacial score (nSPS) is 14.2. The van der Waals surface area contributed by atoms with Crippen LogP contribution in [0.4, 0.5) is 5.95 Å². The first-order chi connectivity index (χ1) is 16.9. The van der Waals surface area contributed by atoms with Crippen molar-refractivity contribution < 1.29 is 19.5 Å². The summed E-state index contributed by atoms with van der Waals surface area (Å²) < 4.78 is 1.95. The Morgan fingerprint density at radius 1 is 1.14 bits per heavy atom. The molecule has 0 saturated heterocycles. The van der Waals surface area contributed by atoms with Crippen molar-refractivity contribution in [2.75, 3.05) is 12.4 Å². The Hall–Kier alpha value is -3.20. The molecule has 1 saturated carbocycles. The van der Waals surface area contributed by atoms with Gasteiger partial charge in [0.2, 0.25) is 5.95 Å². The highest BCUT2D eigenvalue weighted by molar-refractivity contribution is 7.12. The lowest BCUT2D eigenvalue weighted by atomic mass is 9.94. The number of carboxylic acids is 1. The van der Waals surface area contributed by atoms with E-state index in [1.165, 1.54) is 17.8 Å². The van der Waals surface area contributed by atoms with E-state index in [9.17, 15) is 14.4 Å². The molecule has 2 aromatic heterocycles. The molecule has 1 aliphatic rings. The van der Waals surface area contributed by atoms with E-state index < -0.39 is 5.97 Å². The quantitative estimate of drug-likeness (QED) is 0.366. The van der Waals surface area contributed by atoms with Gasteiger partial charge in [-0.05, 0) is 55.3 Å². The highest BCUT2D eigenvalue weighted by Gasteiger charge is 2.24. The summed E-state index contributed by atoms with van der Waals surface area (Å²) in [6.45, 7) is 0.589. The summed E-state index contributed by atoms with van der Waals surface area (Å²) in [5, 5.41) is 13.6. The number of nitrogens with one attached hydrogen (secondary N) is 1. The Balaban J connectivity index is 1.56. The predicted molar refractivity (Wildman–Crippen MR) is 137 cm³/mol. The number of fused-ring (bicyclic) bond motifs is 1. The summed E-state index contributed by atoms with van der Waals surface area (Å²) in [5.41, 5.74) is 2.08.